The summed E-state index contributed by atoms with van der Waals surface area (Å²) in [5.41, 5.74) is 0. The predicted molar refractivity (Wildman–Crippen MR) is 58.3 cm³/mol. The molecule has 0 fully saturated rings. The van der Waals surface area contributed by atoms with Crippen LogP contribution in [0.3, 0.4) is 0 Å². The highest BCUT2D eigenvalue weighted by atomic mass is 31.1. The van der Waals surface area contributed by atoms with Crippen LogP contribution in [0.5, 0.6) is 0 Å². The average Bonchev–Trinajstić information content (AvgIpc) is 2.35. The molecule has 0 unspecified atom stereocenters. The zero-order valence-electron chi connectivity index (χ0n) is 8.83. The Balaban J connectivity index is 3.72. The van der Waals surface area contributed by atoms with E-state index in [1.807, 2.05) is 0 Å². The van der Waals surface area contributed by atoms with Gasteiger partial charge in [-0.15, -0.1) is 0 Å². The van der Waals surface area contributed by atoms with E-state index in [0.717, 1.165) is 0 Å². The number of carbonyl (C=O) groups excluding carboxylic acids is 3. The molecular formula is C8H11NO6P2. The van der Waals surface area contributed by atoms with E-state index in [1.54, 1.807) is 0 Å². The summed E-state index contributed by atoms with van der Waals surface area (Å²) >= 11 is 0. The van der Waals surface area contributed by atoms with Gasteiger partial charge in [0.05, 0.1) is 0 Å². The maximum absolute atomic E-state index is 11.2. The molecule has 0 heterocycles. The van der Waals surface area contributed by atoms with Crippen molar-refractivity contribution in [3.8, 4) is 0 Å². The van der Waals surface area contributed by atoms with Gasteiger partial charge in [-0.25, -0.2) is 0 Å². The van der Waals surface area contributed by atoms with Gasteiger partial charge in [-0.2, -0.15) is 0 Å². The Morgan fingerprint density at radius 2 is 1.94 bits per heavy atom. The first kappa shape index (κ1) is 15.8. The minimum atomic E-state index is -0.717. The van der Waals surface area contributed by atoms with Gasteiger partial charge >= 0.3 is 5.97 Å². The van der Waals surface area contributed by atoms with Gasteiger partial charge in [0.1, 0.15) is 18.6 Å². The minimum Gasteiger partial charge on any atom is -0.457 e. The predicted octanol–water partition coefficient (Wildman–Crippen LogP) is 0.534. The zero-order chi connectivity index (χ0) is 13.1. The van der Waals surface area contributed by atoms with Crippen LogP contribution in [0.1, 0.15) is 12.8 Å². The number of carbonyl (C=O) groups is 3. The van der Waals surface area contributed by atoms with E-state index in [2.05, 4.69) is 10.1 Å². The molecule has 1 amide bonds. The summed E-state index contributed by atoms with van der Waals surface area (Å²) < 4.78 is 25.2. The van der Waals surface area contributed by atoms with Crippen LogP contribution in [0.25, 0.3) is 0 Å². The van der Waals surface area contributed by atoms with Crippen LogP contribution in [-0.2, 0) is 28.3 Å². The fourth-order valence-electron chi connectivity index (χ4n) is 0.822. The van der Waals surface area contributed by atoms with Crippen molar-refractivity contribution in [2.75, 3.05) is 13.2 Å². The van der Waals surface area contributed by atoms with E-state index >= 15 is 0 Å². The van der Waals surface area contributed by atoms with Crippen LogP contribution in [0, 0.1) is 0 Å². The second kappa shape index (κ2) is 10.00. The monoisotopic (exact) mass is 279 g/mol. The SMILES string of the molecule is O=CCOC(=O)CNC(=O)CCC(P=O)P=O. The van der Waals surface area contributed by atoms with Crippen molar-refractivity contribution in [3.05, 3.63) is 0 Å². The Morgan fingerprint density at radius 1 is 1.29 bits per heavy atom. The van der Waals surface area contributed by atoms with E-state index in [9.17, 15) is 23.5 Å². The molecule has 0 aliphatic heterocycles. The maximum Gasteiger partial charge on any atom is 0.325 e. The molecule has 7 nitrogen and oxygen atoms in total. The fourth-order valence-corrected chi connectivity index (χ4v) is 1.44. The molecule has 0 aliphatic rings. The van der Waals surface area contributed by atoms with Gasteiger partial charge in [-0.1, -0.05) is 0 Å². The molecule has 1 N–H and O–H groups in total. The molecule has 0 rings (SSSR count). The molecule has 0 radical (unpaired) electrons. The fraction of sp³-hybridized carbons (Fsp3) is 0.625. The van der Waals surface area contributed by atoms with E-state index in [-0.39, 0.29) is 42.9 Å². The Kier molecular flexibility index (Phi) is 9.30. The van der Waals surface area contributed by atoms with Gasteiger partial charge in [0, 0.05) is 6.42 Å². The molecule has 0 spiro atoms. The van der Waals surface area contributed by atoms with Gasteiger partial charge in [0.2, 0.25) is 5.91 Å². The number of hydrogen-bond acceptors (Lipinski definition) is 6. The lowest BCUT2D eigenvalue weighted by atomic mass is 10.3. The van der Waals surface area contributed by atoms with Crippen molar-refractivity contribution in [2.24, 2.45) is 0 Å². The lowest BCUT2D eigenvalue weighted by molar-refractivity contribution is -0.145. The molecule has 0 bridgehead atoms. The van der Waals surface area contributed by atoms with Crippen LogP contribution >= 0.6 is 16.9 Å². The number of hydrogen-bond donors (Lipinski definition) is 1. The van der Waals surface area contributed by atoms with E-state index in [0.29, 0.717) is 6.29 Å². The van der Waals surface area contributed by atoms with Crippen molar-refractivity contribution in [2.45, 2.75) is 18.2 Å². The van der Waals surface area contributed by atoms with Crippen LogP contribution in [0.2, 0.25) is 0 Å². The highest BCUT2D eigenvalue weighted by Crippen LogP contribution is 2.23. The standard InChI is InChI=1S/C8H11NO6P2/c10-3-4-15-7(12)5-9-6(11)1-2-8(16-13)17-14/h3,8H,1-2,4-5H2,(H,9,11). The van der Waals surface area contributed by atoms with Crippen molar-refractivity contribution >= 4 is 35.1 Å². The number of amides is 1. The summed E-state index contributed by atoms with van der Waals surface area (Å²) in [6, 6.07) is 0. The quantitative estimate of drug-likeness (QED) is 0.375. The minimum absolute atomic E-state index is 0.0100. The van der Waals surface area contributed by atoms with Crippen molar-refractivity contribution in [3.63, 3.8) is 0 Å². The third-order valence-corrected chi connectivity index (χ3v) is 3.18. The summed E-state index contributed by atoms with van der Waals surface area (Å²) in [4.78, 5) is 31.9. The third kappa shape index (κ3) is 8.60. The van der Waals surface area contributed by atoms with E-state index in [4.69, 9.17) is 0 Å². The molecule has 0 aromatic rings. The molecule has 0 aliphatic carbocycles. The summed E-state index contributed by atoms with van der Waals surface area (Å²) in [6.07, 6.45) is 0.617. The molecule has 0 aromatic carbocycles. The second-order valence-electron chi connectivity index (χ2n) is 2.86. The van der Waals surface area contributed by atoms with Gasteiger partial charge in [0.25, 0.3) is 0 Å². The van der Waals surface area contributed by atoms with Crippen molar-refractivity contribution < 1.29 is 28.3 Å². The topological polar surface area (TPSA) is 107 Å². The van der Waals surface area contributed by atoms with Crippen molar-refractivity contribution in [1.82, 2.24) is 5.32 Å². The van der Waals surface area contributed by atoms with Gasteiger partial charge in [-0.3, -0.25) is 23.5 Å². The largest absolute Gasteiger partial charge is 0.457 e. The molecule has 9 heteroatoms. The Labute approximate surface area is 101 Å². The van der Waals surface area contributed by atoms with Gasteiger partial charge in [0.15, 0.2) is 23.2 Å². The molecule has 0 aromatic heterocycles. The maximum atomic E-state index is 11.2. The lowest BCUT2D eigenvalue weighted by Gasteiger charge is -2.04. The van der Waals surface area contributed by atoms with Crippen LogP contribution < -0.4 is 5.32 Å². The van der Waals surface area contributed by atoms with Gasteiger partial charge in [-0.05, 0) is 6.42 Å². The Morgan fingerprint density at radius 3 is 2.47 bits per heavy atom. The number of rotatable bonds is 9. The van der Waals surface area contributed by atoms with Crippen molar-refractivity contribution in [1.29, 1.82) is 0 Å². The molecule has 0 saturated carbocycles. The highest BCUT2D eigenvalue weighted by Gasteiger charge is 2.12. The summed E-state index contributed by atoms with van der Waals surface area (Å²) in [6.45, 7) is -0.678. The summed E-state index contributed by atoms with van der Waals surface area (Å²) in [5, 5.41) is 1.65. The molecular weight excluding hydrogens is 268 g/mol. The summed E-state index contributed by atoms with van der Waals surface area (Å²) in [7, 11) is -0.578. The molecule has 17 heavy (non-hydrogen) atoms. The number of aldehydes is 1. The van der Waals surface area contributed by atoms with Gasteiger partial charge < -0.3 is 10.1 Å². The number of ether oxygens (including phenoxy) is 1. The Bertz CT molecular complexity index is 300. The number of nitrogens with one attached hydrogen (secondary N) is 1. The average molecular weight is 279 g/mol. The lowest BCUT2D eigenvalue weighted by Crippen LogP contribution is -2.30. The first-order valence-corrected chi connectivity index (χ1v) is 6.41. The molecule has 0 saturated heterocycles. The van der Waals surface area contributed by atoms with Crippen LogP contribution in [-0.4, -0.2) is 36.7 Å². The third-order valence-electron chi connectivity index (χ3n) is 1.62. The van der Waals surface area contributed by atoms with Crippen LogP contribution in [0.4, 0.5) is 0 Å². The summed E-state index contributed by atoms with van der Waals surface area (Å²) in [5.74, 6) is -1.16. The van der Waals surface area contributed by atoms with E-state index < -0.39 is 17.3 Å². The first-order valence-electron chi connectivity index (χ1n) is 4.65. The normalized spacial score (nSPS) is 12.0. The molecule has 0 atom stereocenters. The highest BCUT2D eigenvalue weighted by molar-refractivity contribution is 7.44. The molecule has 94 valence electrons. The first-order chi connectivity index (χ1) is 8.13. The van der Waals surface area contributed by atoms with E-state index in [1.165, 1.54) is 0 Å². The Hall–Kier alpha value is -1.19. The zero-order valence-corrected chi connectivity index (χ0v) is 10.6. The smallest absolute Gasteiger partial charge is 0.325 e. The number of esters is 1. The van der Waals surface area contributed by atoms with Crippen LogP contribution in [0.15, 0.2) is 0 Å². The second-order valence-corrected chi connectivity index (χ2v) is 4.93.